The number of likely N-dealkylation sites (tertiary alicyclic amines) is 1. The Hall–Kier alpha value is -2.28. The second kappa shape index (κ2) is 11.4. The highest BCUT2D eigenvalue weighted by Gasteiger charge is 2.30. The van der Waals surface area contributed by atoms with Gasteiger partial charge in [-0.05, 0) is 24.8 Å². The lowest BCUT2D eigenvalue weighted by Crippen LogP contribution is -2.49. The molecule has 1 fully saturated rings. The molecule has 0 bridgehead atoms. The van der Waals surface area contributed by atoms with Crippen molar-refractivity contribution in [1.29, 1.82) is 0 Å². The molecule has 0 aromatic heterocycles. The summed E-state index contributed by atoms with van der Waals surface area (Å²) in [6.45, 7) is 3.85. The van der Waals surface area contributed by atoms with E-state index in [2.05, 4.69) is 0 Å². The maximum atomic E-state index is 12.5. The Kier molecular flexibility index (Phi) is 8.91. The van der Waals surface area contributed by atoms with E-state index in [0.717, 1.165) is 18.4 Å². The van der Waals surface area contributed by atoms with Gasteiger partial charge in [0.05, 0.1) is 13.2 Å². The molecule has 1 aromatic rings. The second-order valence-electron chi connectivity index (χ2n) is 6.64. The number of benzene rings is 1. The van der Waals surface area contributed by atoms with E-state index in [1.54, 1.807) is 9.80 Å². The molecule has 2 rings (SSSR count). The second-order valence-corrected chi connectivity index (χ2v) is 6.64. The van der Waals surface area contributed by atoms with Crippen LogP contribution in [0.15, 0.2) is 30.3 Å². The molecule has 0 aliphatic carbocycles. The molecule has 1 aromatic carbocycles. The van der Waals surface area contributed by atoms with Crippen LogP contribution in [0, 0.1) is 0 Å². The first kappa shape index (κ1) is 21.0. The number of hydrogen-bond acceptors (Lipinski definition) is 5. The molecule has 1 aliphatic rings. The van der Waals surface area contributed by atoms with Crippen molar-refractivity contribution in [3.63, 3.8) is 0 Å². The van der Waals surface area contributed by atoms with Gasteiger partial charge in [-0.15, -0.1) is 0 Å². The van der Waals surface area contributed by atoms with E-state index in [9.17, 15) is 14.7 Å². The zero-order valence-corrected chi connectivity index (χ0v) is 16.0. The minimum atomic E-state index is -0.433. The number of rotatable bonds is 8. The molecule has 150 valence electrons. The first-order chi connectivity index (χ1) is 13.2. The van der Waals surface area contributed by atoms with E-state index in [1.165, 1.54) is 0 Å². The van der Waals surface area contributed by atoms with E-state index in [0.29, 0.717) is 32.5 Å². The van der Waals surface area contributed by atoms with Crippen LogP contribution in [0.3, 0.4) is 0 Å². The van der Waals surface area contributed by atoms with E-state index in [-0.39, 0.29) is 31.9 Å². The van der Waals surface area contributed by atoms with Gasteiger partial charge in [-0.1, -0.05) is 43.7 Å². The third kappa shape index (κ3) is 6.75. The molecule has 1 aliphatic heterocycles. The van der Waals surface area contributed by atoms with Crippen LogP contribution in [-0.4, -0.2) is 66.0 Å². The molecule has 0 unspecified atom stereocenters. The molecule has 0 atom stereocenters. The smallest absolute Gasteiger partial charge is 0.410 e. The van der Waals surface area contributed by atoms with Gasteiger partial charge in [0, 0.05) is 25.7 Å². The number of unbranched alkanes of at least 4 members (excludes halogenated alkanes) is 1. The van der Waals surface area contributed by atoms with Crippen molar-refractivity contribution in [2.75, 3.05) is 32.8 Å². The summed E-state index contributed by atoms with van der Waals surface area (Å²) in [5.74, 6) is 0. The largest absolute Gasteiger partial charge is 0.449 e. The molecule has 2 amide bonds. The third-order valence-electron chi connectivity index (χ3n) is 4.67. The number of carbonyl (C=O) groups excluding carboxylic acids is 2. The van der Waals surface area contributed by atoms with E-state index < -0.39 is 6.09 Å². The fourth-order valence-electron chi connectivity index (χ4n) is 3.09. The van der Waals surface area contributed by atoms with Gasteiger partial charge in [-0.25, -0.2) is 9.59 Å². The molecule has 0 radical (unpaired) electrons. The van der Waals surface area contributed by atoms with E-state index in [1.807, 2.05) is 37.3 Å². The SMILES string of the molecule is CCCCOC(=O)N1CCC(N(CCO)C(=O)OCc2ccccc2)CC1. The standard InChI is InChI=1S/C20H30N2O5/c1-2-3-15-26-19(24)21-11-9-18(10-12-21)22(13-14-23)20(25)27-16-17-7-5-4-6-8-17/h4-8,18,23H,2-3,9-16H2,1H3. The lowest BCUT2D eigenvalue weighted by atomic mass is 10.0. The Bertz CT molecular complexity index is 573. The molecular weight excluding hydrogens is 348 g/mol. The molecule has 1 heterocycles. The summed E-state index contributed by atoms with van der Waals surface area (Å²) in [5, 5.41) is 9.33. The monoisotopic (exact) mass is 378 g/mol. The van der Waals surface area contributed by atoms with Gasteiger partial charge in [-0.2, -0.15) is 0 Å². The number of aliphatic hydroxyl groups excluding tert-OH is 1. The van der Waals surface area contributed by atoms with Crippen molar-refractivity contribution in [2.24, 2.45) is 0 Å². The van der Waals surface area contributed by atoms with Crippen LogP contribution in [-0.2, 0) is 16.1 Å². The zero-order valence-electron chi connectivity index (χ0n) is 16.0. The summed E-state index contributed by atoms with van der Waals surface area (Å²) in [6, 6.07) is 9.43. The summed E-state index contributed by atoms with van der Waals surface area (Å²) in [4.78, 5) is 27.8. The van der Waals surface area contributed by atoms with Crippen LogP contribution in [0.4, 0.5) is 9.59 Å². The average molecular weight is 378 g/mol. The zero-order chi connectivity index (χ0) is 19.5. The van der Waals surface area contributed by atoms with Crippen LogP contribution in [0.1, 0.15) is 38.2 Å². The van der Waals surface area contributed by atoms with Crippen molar-refractivity contribution >= 4 is 12.2 Å². The Morgan fingerprint density at radius 2 is 1.89 bits per heavy atom. The Balaban J connectivity index is 1.82. The Morgan fingerprint density at radius 1 is 1.19 bits per heavy atom. The number of piperidine rings is 1. The topological polar surface area (TPSA) is 79.3 Å². The molecule has 0 spiro atoms. The van der Waals surface area contributed by atoms with Gasteiger partial charge in [0.2, 0.25) is 0 Å². The molecule has 1 saturated heterocycles. The first-order valence-electron chi connectivity index (χ1n) is 9.65. The van der Waals surface area contributed by atoms with Crippen LogP contribution in [0.5, 0.6) is 0 Å². The molecule has 7 nitrogen and oxygen atoms in total. The number of carbonyl (C=O) groups is 2. The lowest BCUT2D eigenvalue weighted by Gasteiger charge is -2.37. The number of amides is 2. The van der Waals surface area contributed by atoms with Gasteiger partial charge in [0.25, 0.3) is 0 Å². The van der Waals surface area contributed by atoms with Crippen LogP contribution < -0.4 is 0 Å². The normalized spacial score (nSPS) is 14.7. The summed E-state index contributed by atoms with van der Waals surface area (Å²) in [6.07, 6.45) is 2.40. The highest BCUT2D eigenvalue weighted by atomic mass is 16.6. The maximum absolute atomic E-state index is 12.5. The first-order valence-corrected chi connectivity index (χ1v) is 9.65. The van der Waals surface area contributed by atoms with Gasteiger partial charge in [0.1, 0.15) is 6.61 Å². The minimum Gasteiger partial charge on any atom is -0.449 e. The molecule has 27 heavy (non-hydrogen) atoms. The van der Waals surface area contributed by atoms with Gasteiger partial charge in [0.15, 0.2) is 0 Å². The fraction of sp³-hybridized carbons (Fsp3) is 0.600. The van der Waals surface area contributed by atoms with Crippen LogP contribution >= 0.6 is 0 Å². The van der Waals surface area contributed by atoms with E-state index in [4.69, 9.17) is 9.47 Å². The fourth-order valence-corrected chi connectivity index (χ4v) is 3.09. The van der Waals surface area contributed by atoms with Crippen molar-refractivity contribution in [1.82, 2.24) is 9.80 Å². The number of nitrogens with zero attached hydrogens (tertiary/aromatic N) is 2. The third-order valence-corrected chi connectivity index (χ3v) is 4.67. The van der Waals surface area contributed by atoms with Gasteiger partial charge in [-0.3, -0.25) is 0 Å². The predicted octanol–water partition coefficient (Wildman–Crippen LogP) is 3.02. The van der Waals surface area contributed by atoms with Crippen LogP contribution in [0.2, 0.25) is 0 Å². The van der Waals surface area contributed by atoms with Crippen molar-refractivity contribution in [3.05, 3.63) is 35.9 Å². The van der Waals surface area contributed by atoms with Crippen LogP contribution in [0.25, 0.3) is 0 Å². The summed E-state index contributed by atoms with van der Waals surface area (Å²) in [5.41, 5.74) is 0.916. The van der Waals surface area contributed by atoms with Crippen molar-refractivity contribution in [2.45, 2.75) is 45.3 Å². The Labute approximate surface area is 160 Å². The van der Waals surface area contributed by atoms with Gasteiger partial charge < -0.3 is 24.4 Å². The number of ether oxygens (including phenoxy) is 2. The lowest BCUT2D eigenvalue weighted by molar-refractivity contribution is 0.0469. The maximum Gasteiger partial charge on any atom is 0.410 e. The molecule has 7 heteroatoms. The number of aliphatic hydroxyl groups is 1. The quantitative estimate of drug-likeness (QED) is 0.704. The predicted molar refractivity (Wildman–Crippen MR) is 101 cm³/mol. The number of hydrogen-bond donors (Lipinski definition) is 1. The van der Waals surface area contributed by atoms with Crippen molar-refractivity contribution in [3.8, 4) is 0 Å². The molecular formula is C20H30N2O5. The molecule has 0 saturated carbocycles. The van der Waals surface area contributed by atoms with Gasteiger partial charge >= 0.3 is 12.2 Å². The average Bonchev–Trinajstić information content (AvgIpc) is 2.71. The highest BCUT2D eigenvalue weighted by Crippen LogP contribution is 2.19. The van der Waals surface area contributed by atoms with E-state index >= 15 is 0 Å². The summed E-state index contributed by atoms with van der Waals surface area (Å²) in [7, 11) is 0. The Morgan fingerprint density at radius 3 is 2.52 bits per heavy atom. The van der Waals surface area contributed by atoms with Crippen molar-refractivity contribution < 1.29 is 24.2 Å². The highest BCUT2D eigenvalue weighted by molar-refractivity contribution is 5.69. The molecule has 1 N–H and O–H groups in total. The summed E-state index contributed by atoms with van der Waals surface area (Å²) >= 11 is 0. The minimum absolute atomic E-state index is 0.0554. The summed E-state index contributed by atoms with van der Waals surface area (Å²) < 4.78 is 10.6.